The van der Waals surface area contributed by atoms with Crippen LogP contribution in [-0.2, 0) is 11.2 Å². The fraction of sp³-hybridized carbons (Fsp3) is 0.200. The number of benzene rings is 1. The molecular formula is C15H14N2O2. The van der Waals surface area contributed by atoms with Gasteiger partial charge < -0.3 is 10.1 Å². The monoisotopic (exact) mass is 254 g/mol. The SMILES string of the molecule is Cc1ccc(NC(=O)C2Cc3ccccc3O2)nc1. The van der Waals surface area contributed by atoms with E-state index in [-0.39, 0.29) is 5.91 Å². The molecule has 19 heavy (non-hydrogen) atoms. The van der Waals surface area contributed by atoms with Crippen molar-refractivity contribution in [2.45, 2.75) is 19.4 Å². The maximum Gasteiger partial charge on any atom is 0.266 e. The predicted molar refractivity (Wildman–Crippen MR) is 72.2 cm³/mol. The molecule has 1 aromatic carbocycles. The summed E-state index contributed by atoms with van der Waals surface area (Å²) in [4.78, 5) is 16.2. The van der Waals surface area contributed by atoms with Crippen molar-refractivity contribution in [2.75, 3.05) is 5.32 Å². The predicted octanol–water partition coefficient (Wildman–Crippen LogP) is 2.33. The van der Waals surface area contributed by atoms with Crippen LogP contribution in [0.5, 0.6) is 5.75 Å². The molecule has 0 fully saturated rings. The smallest absolute Gasteiger partial charge is 0.266 e. The molecule has 0 spiro atoms. The minimum atomic E-state index is -0.472. The van der Waals surface area contributed by atoms with Crippen LogP contribution in [-0.4, -0.2) is 17.0 Å². The lowest BCUT2D eigenvalue weighted by atomic mass is 10.1. The van der Waals surface area contributed by atoms with E-state index in [4.69, 9.17) is 4.74 Å². The second-order valence-corrected chi connectivity index (χ2v) is 4.63. The summed E-state index contributed by atoms with van der Waals surface area (Å²) in [5, 5.41) is 2.77. The summed E-state index contributed by atoms with van der Waals surface area (Å²) < 4.78 is 5.62. The van der Waals surface area contributed by atoms with E-state index < -0.39 is 6.10 Å². The topological polar surface area (TPSA) is 51.2 Å². The quantitative estimate of drug-likeness (QED) is 0.894. The fourth-order valence-electron chi connectivity index (χ4n) is 2.08. The lowest BCUT2D eigenvalue weighted by Crippen LogP contribution is -2.31. The van der Waals surface area contributed by atoms with Crippen LogP contribution in [0.1, 0.15) is 11.1 Å². The highest BCUT2D eigenvalue weighted by molar-refractivity contribution is 5.94. The van der Waals surface area contributed by atoms with E-state index in [0.29, 0.717) is 12.2 Å². The average molecular weight is 254 g/mol. The summed E-state index contributed by atoms with van der Waals surface area (Å²) in [5.41, 5.74) is 2.13. The Bertz CT molecular complexity index is 583. The molecule has 1 aliphatic rings. The van der Waals surface area contributed by atoms with Gasteiger partial charge in [0, 0.05) is 12.6 Å². The maximum absolute atomic E-state index is 12.1. The van der Waals surface area contributed by atoms with Gasteiger partial charge in [-0.3, -0.25) is 4.79 Å². The number of carbonyl (C=O) groups excluding carboxylic acids is 1. The lowest BCUT2D eigenvalue weighted by Gasteiger charge is -2.10. The Kier molecular flexibility index (Phi) is 2.91. The molecule has 1 unspecified atom stereocenters. The van der Waals surface area contributed by atoms with Gasteiger partial charge in [0.1, 0.15) is 11.6 Å². The molecule has 1 aromatic heterocycles. The molecule has 0 bridgehead atoms. The highest BCUT2D eigenvalue weighted by Gasteiger charge is 2.28. The van der Waals surface area contributed by atoms with Crippen molar-refractivity contribution in [3.05, 3.63) is 53.7 Å². The Labute approximate surface area is 111 Å². The third kappa shape index (κ3) is 2.42. The van der Waals surface area contributed by atoms with E-state index in [9.17, 15) is 4.79 Å². The number of pyridine rings is 1. The first-order chi connectivity index (χ1) is 9.22. The van der Waals surface area contributed by atoms with E-state index in [1.165, 1.54) is 0 Å². The van der Waals surface area contributed by atoms with Gasteiger partial charge in [0.25, 0.3) is 5.91 Å². The number of aromatic nitrogens is 1. The number of amides is 1. The van der Waals surface area contributed by atoms with Gasteiger partial charge in [-0.15, -0.1) is 0 Å². The number of fused-ring (bicyclic) bond motifs is 1. The number of anilines is 1. The van der Waals surface area contributed by atoms with E-state index in [1.807, 2.05) is 37.3 Å². The lowest BCUT2D eigenvalue weighted by molar-refractivity contribution is -0.122. The number of aryl methyl sites for hydroxylation is 1. The summed E-state index contributed by atoms with van der Waals surface area (Å²) in [6.07, 6.45) is 1.86. The van der Waals surface area contributed by atoms with Gasteiger partial charge in [-0.1, -0.05) is 24.3 Å². The number of carbonyl (C=O) groups is 1. The van der Waals surface area contributed by atoms with Gasteiger partial charge >= 0.3 is 0 Å². The third-order valence-corrected chi connectivity index (χ3v) is 3.10. The molecule has 96 valence electrons. The summed E-state index contributed by atoms with van der Waals surface area (Å²) in [5.74, 6) is 1.18. The first-order valence-electron chi connectivity index (χ1n) is 6.20. The van der Waals surface area contributed by atoms with Gasteiger partial charge in [0.2, 0.25) is 0 Å². The normalized spacial score (nSPS) is 16.6. The standard InChI is InChI=1S/C15H14N2O2/c1-10-6-7-14(16-9-10)17-15(18)13-8-11-4-2-3-5-12(11)19-13/h2-7,9,13H,8H2,1H3,(H,16,17,18). The first kappa shape index (κ1) is 11.7. The fourth-order valence-corrected chi connectivity index (χ4v) is 2.08. The van der Waals surface area contributed by atoms with Gasteiger partial charge in [-0.2, -0.15) is 0 Å². The Morgan fingerprint density at radius 1 is 1.32 bits per heavy atom. The molecule has 1 atom stereocenters. The van der Waals surface area contributed by atoms with Crippen LogP contribution >= 0.6 is 0 Å². The van der Waals surface area contributed by atoms with E-state index in [2.05, 4.69) is 10.3 Å². The van der Waals surface area contributed by atoms with Crippen molar-refractivity contribution >= 4 is 11.7 Å². The van der Waals surface area contributed by atoms with E-state index in [0.717, 1.165) is 16.9 Å². The zero-order chi connectivity index (χ0) is 13.2. The largest absolute Gasteiger partial charge is 0.480 e. The summed E-state index contributed by atoms with van der Waals surface area (Å²) in [6, 6.07) is 11.4. The molecule has 4 heteroatoms. The minimum absolute atomic E-state index is 0.160. The highest BCUT2D eigenvalue weighted by Crippen LogP contribution is 2.28. The van der Waals surface area contributed by atoms with E-state index in [1.54, 1.807) is 12.3 Å². The Hall–Kier alpha value is -2.36. The van der Waals surface area contributed by atoms with Crippen LogP contribution in [0.3, 0.4) is 0 Å². The first-order valence-corrected chi connectivity index (χ1v) is 6.20. The van der Waals surface area contributed by atoms with Crippen LogP contribution in [0.2, 0.25) is 0 Å². The second-order valence-electron chi connectivity index (χ2n) is 4.63. The van der Waals surface area contributed by atoms with Crippen LogP contribution in [0.15, 0.2) is 42.6 Å². The Morgan fingerprint density at radius 2 is 2.16 bits per heavy atom. The Morgan fingerprint density at radius 3 is 2.89 bits per heavy atom. The number of nitrogens with one attached hydrogen (secondary N) is 1. The maximum atomic E-state index is 12.1. The van der Waals surface area contributed by atoms with Crippen LogP contribution in [0.25, 0.3) is 0 Å². The molecule has 3 rings (SSSR count). The van der Waals surface area contributed by atoms with Crippen molar-refractivity contribution in [3.8, 4) is 5.75 Å². The summed E-state index contributed by atoms with van der Waals surface area (Å²) >= 11 is 0. The zero-order valence-electron chi connectivity index (χ0n) is 10.6. The molecule has 0 saturated carbocycles. The number of hydrogen-bond acceptors (Lipinski definition) is 3. The molecule has 2 heterocycles. The Balaban J connectivity index is 1.68. The van der Waals surface area contributed by atoms with Gasteiger partial charge in [0.05, 0.1) is 0 Å². The summed E-state index contributed by atoms with van der Waals surface area (Å²) in [6.45, 7) is 1.95. The summed E-state index contributed by atoms with van der Waals surface area (Å²) in [7, 11) is 0. The molecule has 2 aromatic rings. The van der Waals surface area contributed by atoms with Crippen LogP contribution in [0.4, 0.5) is 5.82 Å². The molecule has 0 aliphatic carbocycles. The number of ether oxygens (including phenoxy) is 1. The van der Waals surface area contributed by atoms with Crippen molar-refractivity contribution in [2.24, 2.45) is 0 Å². The number of nitrogens with zero attached hydrogens (tertiary/aromatic N) is 1. The second kappa shape index (κ2) is 4.72. The number of para-hydroxylation sites is 1. The minimum Gasteiger partial charge on any atom is -0.480 e. The molecule has 1 amide bonds. The van der Waals surface area contributed by atoms with Crippen molar-refractivity contribution in [1.82, 2.24) is 4.98 Å². The average Bonchev–Trinajstić information content (AvgIpc) is 2.85. The van der Waals surface area contributed by atoms with Crippen LogP contribution < -0.4 is 10.1 Å². The molecule has 4 nitrogen and oxygen atoms in total. The highest BCUT2D eigenvalue weighted by atomic mass is 16.5. The molecule has 0 saturated heterocycles. The molecule has 0 radical (unpaired) electrons. The van der Waals surface area contributed by atoms with Crippen LogP contribution in [0, 0.1) is 6.92 Å². The van der Waals surface area contributed by atoms with Gasteiger partial charge in [0.15, 0.2) is 6.10 Å². The number of hydrogen-bond donors (Lipinski definition) is 1. The zero-order valence-corrected chi connectivity index (χ0v) is 10.6. The number of rotatable bonds is 2. The van der Waals surface area contributed by atoms with Crippen molar-refractivity contribution in [1.29, 1.82) is 0 Å². The molecule has 1 N–H and O–H groups in total. The third-order valence-electron chi connectivity index (χ3n) is 3.10. The van der Waals surface area contributed by atoms with E-state index >= 15 is 0 Å². The molecule has 1 aliphatic heterocycles. The van der Waals surface area contributed by atoms with Gasteiger partial charge in [-0.25, -0.2) is 4.98 Å². The van der Waals surface area contributed by atoms with Crippen molar-refractivity contribution < 1.29 is 9.53 Å². The molecular weight excluding hydrogens is 240 g/mol. The van der Waals surface area contributed by atoms with Gasteiger partial charge in [-0.05, 0) is 30.2 Å². The van der Waals surface area contributed by atoms with Crippen molar-refractivity contribution in [3.63, 3.8) is 0 Å².